The van der Waals surface area contributed by atoms with Crippen LogP contribution in [0.25, 0.3) is 0 Å². The summed E-state index contributed by atoms with van der Waals surface area (Å²) >= 11 is 0. The van der Waals surface area contributed by atoms with Crippen LogP contribution in [0.1, 0.15) is 22.7 Å². The third kappa shape index (κ3) is 4.10. The van der Waals surface area contributed by atoms with Crippen molar-refractivity contribution < 1.29 is 29.3 Å². The van der Waals surface area contributed by atoms with Crippen molar-refractivity contribution in [3.8, 4) is 0 Å². The Morgan fingerprint density at radius 1 is 0.949 bits per heavy atom. The van der Waals surface area contributed by atoms with Crippen molar-refractivity contribution in [1.82, 2.24) is 5.32 Å². The number of non-ortho nitro benzene ring substituents is 2. The van der Waals surface area contributed by atoms with Crippen LogP contribution >= 0.6 is 0 Å². The van der Waals surface area contributed by atoms with Crippen LogP contribution in [-0.2, 0) is 20.8 Å². The standard InChI is InChI=1S/C27H22N4O8/c1-15-5-2-3-8-20(15)23-21-22(25(33)29(24(21)32)18-6-4-7-19(13-18)31(38)39)27(28-23,26(34)35)14-16-9-11-17(12-10-16)30(36)37/h2-13,21-23,28H,14H2,1H3,(H,34,35). The number of nitro benzene ring substituents is 2. The molecular weight excluding hydrogens is 508 g/mol. The highest BCUT2D eigenvalue weighted by Gasteiger charge is 2.68. The number of nitrogens with one attached hydrogen (secondary N) is 1. The number of rotatable bonds is 7. The fourth-order valence-electron chi connectivity index (χ4n) is 5.70. The molecule has 3 aromatic rings. The smallest absolute Gasteiger partial charge is 0.325 e. The summed E-state index contributed by atoms with van der Waals surface area (Å²) in [5.74, 6) is -5.31. The van der Waals surface area contributed by atoms with Gasteiger partial charge in [0.25, 0.3) is 11.4 Å². The van der Waals surface area contributed by atoms with Crippen molar-refractivity contribution in [2.45, 2.75) is 24.9 Å². The number of benzene rings is 3. The van der Waals surface area contributed by atoms with E-state index in [-0.39, 0.29) is 23.5 Å². The van der Waals surface area contributed by atoms with Crippen molar-refractivity contribution in [1.29, 1.82) is 0 Å². The van der Waals surface area contributed by atoms with Gasteiger partial charge in [-0.15, -0.1) is 0 Å². The first-order valence-corrected chi connectivity index (χ1v) is 12.0. The van der Waals surface area contributed by atoms with Gasteiger partial charge < -0.3 is 5.11 Å². The number of anilines is 1. The molecule has 39 heavy (non-hydrogen) atoms. The minimum atomic E-state index is -1.95. The molecule has 0 aromatic heterocycles. The van der Waals surface area contributed by atoms with Crippen LogP contribution in [0.3, 0.4) is 0 Å². The number of fused-ring (bicyclic) bond motifs is 1. The average Bonchev–Trinajstić information content (AvgIpc) is 3.38. The molecule has 4 unspecified atom stereocenters. The number of carbonyl (C=O) groups excluding carboxylic acids is 2. The van der Waals surface area contributed by atoms with E-state index in [4.69, 9.17) is 0 Å². The van der Waals surface area contributed by atoms with E-state index < -0.39 is 51.0 Å². The fourth-order valence-corrected chi connectivity index (χ4v) is 5.70. The normalized spacial score (nSPS) is 24.0. The van der Waals surface area contributed by atoms with E-state index in [1.165, 1.54) is 42.5 Å². The summed E-state index contributed by atoms with van der Waals surface area (Å²) in [5.41, 5.74) is -0.645. The molecule has 4 atom stereocenters. The van der Waals surface area contributed by atoms with E-state index in [2.05, 4.69) is 5.32 Å². The molecular formula is C27H22N4O8. The lowest BCUT2D eigenvalue weighted by Gasteiger charge is -2.31. The number of aliphatic carboxylic acids is 1. The largest absolute Gasteiger partial charge is 0.480 e. The molecule has 0 saturated carbocycles. The van der Waals surface area contributed by atoms with Crippen LogP contribution in [0.2, 0.25) is 0 Å². The van der Waals surface area contributed by atoms with Crippen molar-refractivity contribution >= 4 is 34.8 Å². The second-order valence-corrected chi connectivity index (χ2v) is 9.65. The van der Waals surface area contributed by atoms with Crippen LogP contribution in [0, 0.1) is 39.0 Å². The van der Waals surface area contributed by atoms with Gasteiger partial charge in [0.15, 0.2) is 0 Å². The third-order valence-corrected chi connectivity index (χ3v) is 7.49. The number of imide groups is 1. The van der Waals surface area contributed by atoms with Crippen LogP contribution in [0.15, 0.2) is 72.8 Å². The Bertz CT molecular complexity index is 1540. The minimum Gasteiger partial charge on any atom is -0.480 e. The monoisotopic (exact) mass is 530 g/mol. The zero-order valence-electron chi connectivity index (χ0n) is 20.5. The lowest BCUT2D eigenvalue weighted by molar-refractivity contribution is -0.385. The molecule has 0 radical (unpaired) electrons. The number of aryl methyl sites for hydroxylation is 1. The number of hydrogen-bond donors (Lipinski definition) is 2. The number of carboxylic acid groups (broad SMARTS) is 1. The Hall–Kier alpha value is -4.97. The Labute approximate surface area is 221 Å². The summed E-state index contributed by atoms with van der Waals surface area (Å²) in [4.78, 5) is 62.9. The molecule has 0 bridgehead atoms. The van der Waals surface area contributed by atoms with Gasteiger partial charge in [-0.1, -0.05) is 42.5 Å². The van der Waals surface area contributed by atoms with Crippen LogP contribution in [0.4, 0.5) is 17.1 Å². The van der Waals surface area contributed by atoms with Gasteiger partial charge in [-0.25, -0.2) is 4.90 Å². The van der Waals surface area contributed by atoms with Gasteiger partial charge in [-0.05, 0) is 29.7 Å². The van der Waals surface area contributed by atoms with Gasteiger partial charge in [-0.2, -0.15) is 0 Å². The molecule has 0 spiro atoms. The zero-order valence-corrected chi connectivity index (χ0v) is 20.5. The number of nitro groups is 2. The van der Waals surface area contributed by atoms with E-state index in [9.17, 15) is 39.7 Å². The fraction of sp³-hybridized carbons (Fsp3) is 0.222. The summed E-state index contributed by atoms with van der Waals surface area (Å²) in [6.07, 6.45) is -0.244. The van der Waals surface area contributed by atoms with Gasteiger partial charge in [0, 0.05) is 36.7 Å². The summed E-state index contributed by atoms with van der Waals surface area (Å²) in [5, 5.41) is 36.1. The Kier molecular flexibility index (Phi) is 6.19. The number of carbonyl (C=O) groups is 3. The highest BCUT2D eigenvalue weighted by Crippen LogP contribution is 2.51. The Balaban J connectivity index is 1.65. The van der Waals surface area contributed by atoms with Crippen molar-refractivity contribution in [2.75, 3.05) is 4.90 Å². The molecule has 12 nitrogen and oxygen atoms in total. The predicted octanol–water partition coefficient (Wildman–Crippen LogP) is 3.33. The molecule has 12 heteroatoms. The first kappa shape index (κ1) is 25.7. The maximum Gasteiger partial charge on any atom is 0.325 e. The summed E-state index contributed by atoms with van der Waals surface area (Å²) in [6, 6.07) is 16.6. The molecule has 3 aromatic carbocycles. The first-order chi connectivity index (χ1) is 18.5. The molecule has 2 fully saturated rings. The van der Waals surface area contributed by atoms with E-state index in [1.54, 1.807) is 18.2 Å². The minimum absolute atomic E-state index is 0.0215. The third-order valence-electron chi connectivity index (χ3n) is 7.49. The lowest BCUT2D eigenvalue weighted by atomic mass is 9.76. The van der Waals surface area contributed by atoms with Gasteiger partial charge in [0.05, 0.1) is 27.4 Å². The average molecular weight is 530 g/mol. The molecule has 2 heterocycles. The van der Waals surface area contributed by atoms with Gasteiger partial charge in [-0.3, -0.25) is 39.9 Å². The first-order valence-electron chi connectivity index (χ1n) is 12.0. The van der Waals surface area contributed by atoms with Crippen molar-refractivity contribution in [2.24, 2.45) is 11.8 Å². The molecule has 198 valence electrons. The van der Waals surface area contributed by atoms with Crippen LogP contribution < -0.4 is 10.2 Å². The SMILES string of the molecule is Cc1ccccc1C1NC(Cc2ccc([N+](=O)[O-])cc2)(C(=O)O)C2C(=O)N(c3cccc([N+](=O)[O-])c3)C(=O)C12. The van der Waals surface area contributed by atoms with E-state index >= 15 is 0 Å². The highest BCUT2D eigenvalue weighted by atomic mass is 16.6. The summed E-state index contributed by atoms with van der Waals surface area (Å²) in [6.45, 7) is 1.81. The van der Waals surface area contributed by atoms with Crippen molar-refractivity contribution in [3.63, 3.8) is 0 Å². The van der Waals surface area contributed by atoms with E-state index in [0.29, 0.717) is 11.1 Å². The number of carboxylic acids is 1. The number of hydrogen-bond acceptors (Lipinski definition) is 8. The molecule has 5 rings (SSSR count). The second-order valence-electron chi connectivity index (χ2n) is 9.65. The quantitative estimate of drug-likeness (QED) is 0.264. The Morgan fingerprint density at radius 2 is 1.62 bits per heavy atom. The van der Waals surface area contributed by atoms with Gasteiger partial charge in [0.1, 0.15) is 5.54 Å². The van der Waals surface area contributed by atoms with Gasteiger partial charge in [0.2, 0.25) is 11.8 Å². The number of nitrogens with zero attached hydrogens (tertiary/aromatic N) is 3. The highest BCUT2D eigenvalue weighted by molar-refractivity contribution is 6.24. The lowest BCUT2D eigenvalue weighted by Crippen LogP contribution is -2.57. The zero-order chi connectivity index (χ0) is 28.1. The molecule has 2 aliphatic heterocycles. The Morgan fingerprint density at radius 3 is 2.23 bits per heavy atom. The molecule has 0 aliphatic carbocycles. The summed E-state index contributed by atoms with van der Waals surface area (Å²) in [7, 11) is 0. The molecule has 2 amide bonds. The molecule has 2 saturated heterocycles. The van der Waals surface area contributed by atoms with Gasteiger partial charge >= 0.3 is 5.97 Å². The van der Waals surface area contributed by atoms with E-state index in [0.717, 1.165) is 16.5 Å². The van der Waals surface area contributed by atoms with Crippen molar-refractivity contribution in [3.05, 3.63) is 110 Å². The van der Waals surface area contributed by atoms with Crippen LogP contribution in [0.5, 0.6) is 0 Å². The molecule has 2 N–H and O–H groups in total. The topological polar surface area (TPSA) is 173 Å². The van der Waals surface area contributed by atoms with Crippen LogP contribution in [-0.4, -0.2) is 38.3 Å². The summed E-state index contributed by atoms with van der Waals surface area (Å²) < 4.78 is 0. The second kappa shape index (κ2) is 9.40. The van der Waals surface area contributed by atoms with E-state index in [1.807, 2.05) is 13.0 Å². The maximum atomic E-state index is 13.9. The molecule has 2 aliphatic rings. The number of amides is 2. The predicted molar refractivity (Wildman–Crippen MR) is 137 cm³/mol. The maximum absolute atomic E-state index is 13.9.